The Hall–Kier alpha value is -4.12. The van der Waals surface area contributed by atoms with Gasteiger partial charge in [0.1, 0.15) is 12.4 Å². The zero-order valence-electron chi connectivity index (χ0n) is 22.9. The number of benzene rings is 1. The van der Waals surface area contributed by atoms with Gasteiger partial charge in [-0.05, 0) is 63.9 Å². The Morgan fingerprint density at radius 1 is 1.13 bits per heavy atom. The van der Waals surface area contributed by atoms with Crippen LogP contribution in [0.3, 0.4) is 0 Å². The smallest absolute Gasteiger partial charge is 0.408 e. The van der Waals surface area contributed by atoms with Crippen molar-refractivity contribution in [2.75, 3.05) is 6.54 Å². The van der Waals surface area contributed by atoms with E-state index in [4.69, 9.17) is 9.47 Å². The van der Waals surface area contributed by atoms with Crippen molar-refractivity contribution in [3.8, 4) is 17.6 Å². The molecule has 2 heterocycles. The fourth-order valence-electron chi connectivity index (χ4n) is 4.35. The van der Waals surface area contributed by atoms with Crippen molar-refractivity contribution in [3.05, 3.63) is 87.9 Å². The molecular weight excluding hydrogens is 480 g/mol. The first-order valence-corrected chi connectivity index (χ1v) is 12.8. The van der Waals surface area contributed by atoms with Gasteiger partial charge < -0.3 is 19.4 Å². The largest absolute Gasteiger partial charge is 0.485 e. The normalized spacial score (nSPS) is 13.1. The van der Waals surface area contributed by atoms with Crippen LogP contribution in [-0.2, 0) is 16.9 Å². The molecule has 1 N–H and O–H groups in total. The topological polar surface area (TPSA) is 95.3 Å². The lowest BCUT2D eigenvalue weighted by Gasteiger charge is -2.38. The van der Waals surface area contributed by atoms with Crippen LogP contribution >= 0.6 is 0 Å². The Kier molecular flexibility index (Phi) is 9.66. The van der Waals surface area contributed by atoms with E-state index in [1.807, 2.05) is 41.8 Å². The molecule has 8 nitrogen and oxygen atoms in total. The molecule has 1 amide bonds. The number of carbonyl (C=O) groups excluding carboxylic acids is 1. The van der Waals surface area contributed by atoms with Gasteiger partial charge in [-0.25, -0.2) is 14.8 Å². The predicted octanol–water partition coefficient (Wildman–Crippen LogP) is 4.94. The Labute approximate surface area is 224 Å². The van der Waals surface area contributed by atoms with Crippen molar-refractivity contribution in [3.63, 3.8) is 0 Å². The zero-order valence-corrected chi connectivity index (χ0v) is 22.9. The molecule has 200 valence electrons. The van der Waals surface area contributed by atoms with Crippen LogP contribution in [0.5, 0.6) is 5.75 Å². The summed E-state index contributed by atoms with van der Waals surface area (Å²) in [5.41, 5.74) is 2.19. The van der Waals surface area contributed by atoms with Crippen LogP contribution in [-0.4, -0.2) is 33.3 Å². The SMILES string of the molecule is CC[C@](C)([C@H](C)c1ccc(C#CCNC(=O)OC(C)C)cc1)n1c(C)cc(OCc2ncccn2)cc1=O. The van der Waals surface area contributed by atoms with Gasteiger partial charge in [-0.15, -0.1) is 0 Å². The standard InChI is InChI=1S/C30H36N4O4/c1-7-30(6,34-22(4)18-26(19-28(34)35)37-20-27-31-16-9-17-32-27)23(5)25-13-11-24(12-14-25)10-8-15-33-29(36)38-21(2)3/h9,11-14,16-19,21,23H,7,15,20H2,1-6H3,(H,33,36)/t23-,30-/m1/s1. The number of pyridine rings is 1. The van der Waals surface area contributed by atoms with Gasteiger partial charge in [-0.1, -0.05) is 37.8 Å². The van der Waals surface area contributed by atoms with Crippen LogP contribution in [0.15, 0.2) is 59.7 Å². The van der Waals surface area contributed by atoms with Crippen LogP contribution in [0, 0.1) is 18.8 Å². The summed E-state index contributed by atoms with van der Waals surface area (Å²) in [5, 5.41) is 2.61. The predicted molar refractivity (Wildman–Crippen MR) is 147 cm³/mol. The van der Waals surface area contributed by atoms with E-state index in [-0.39, 0.29) is 30.7 Å². The van der Waals surface area contributed by atoms with E-state index in [0.717, 1.165) is 23.2 Å². The van der Waals surface area contributed by atoms with E-state index in [0.29, 0.717) is 11.6 Å². The molecule has 0 aliphatic carbocycles. The number of alkyl carbamates (subject to hydrolysis) is 1. The second-order valence-corrected chi connectivity index (χ2v) is 9.62. The van der Waals surface area contributed by atoms with Gasteiger partial charge in [0.15, 0.2) is 5.82 Å². The highest BCUT2D eigenvalue weighted by atomic mass is 16.6. The number of carbonyl (C=O) groups is 1. The Bertz CT molecular complexity index is 1340. The number of aromatic nitrogens is 3. The second kappa shape index (κ2) is 12.9. The molecule has 38 heavy (non-hydrogen) atoms. The highest BCUT2D eigenvalue weighted by molar-refractivity contribution is 5.67. The van der Waals surface area contributed by atoms with Crippen molar-refractivity contribution in [1.82, 2.24) is 19.9 Å². The second-order valence-electron chi connectivity index (χ2n) is 9.62. The summed E-state index contributed by atoms with van der Waals surface area (Å²) in [6.45, 7) is 12.3. The van der Waals surface area contributed by atoms with Gasteiger partial charge in [0.25, 0.3) is 5.56 Å². The van der Waals surface area contributed by atoms with Gasteiger partial charge in [-0.3, -0.25) is 4.79 Å². The first-order chi connectivity index (χ1) is 18.1. The molecule has 0 fully saturated rings. The van der Waals surface area contributed by atoms with Crippen molar-refractivity contribution < 1.29 is 14.3 Å². The van der Waals surface area contributed by atoms with E-state index < -0.39 is 11.6 Å². The minimum atomic E-state index is -0.479. The summed E-state index contributed by atoms with van der Waals surface area (Å²) >= 11 is 0. The quantitative estimate of drug-likeness (QED) is 0.405. The Morgan fingerprint density at radius 3 is 2.42 bits per heavy atom. The number of nitrogens with one attached hydrogen (secondary N) is 1. The molecular formula is C30H36N4O4. The molecule has 0 radical (unpaired) electrons. The zero-order chi connectivity index (χ0) is 27.7. The average molecular weight is 517 g/mol. The van der Waals surface area contributed by atoms with Crippen LogP contribution < -0.4 is 15.6 Å². The molecule has 1 aromatic carbocycles. The number of hydrogen-bond acceptors (Lipinski definition) is 6. The van der Waals surface area contributed by atoms with E-state index in [9.17, 15) is 9.59 Å². The summed E-state index contributed by atoms with van der Waals surface area (Å²) in [4.78, 5) is 33.2. The van der Waals surface area contributed by atoms with Crippen LogP contribution in [0.25, 0.3) is 0 Å². The number of rotatable bonds is 9. The number of amides is 1. The summed E-state index contributed by atoms with van der Waals surface area (Å²) in [6, 6.07) is 13.2. The third-order valence-corrected chi connectivity index (χ3v) is 6.64. The maximum atomic E-state index is 13.3. The molecule has 0 saturated heterocycles. The van der Waals surface area contributed by atoms with E-state index in [1.165, 1.54) is 6.07 Å². The number of nitrogens with zero attached hydrogens (tertiary/aromatic N) is 3. The Balaban J connectivity index is 1.73. The molecule has 3 aromatic rings. The Morgan fingerprint density at radius 2 is 1.82 bits per heavy atom. The van der Waals surface area contributed by atoms with Crippen LogP contribution in [0.1, 0.15) is 69.6 Å². The fraction of sp³-hybridized carbons (Fsp3) is 0.400. The maximum absolute atomic E-state index is 13.3. The molecule has 0 saturated carbocycles. The monoisotopic (exact) mass is 516 g/mol. The molecule has 2 aromatic heterocycles. The van der Waals surface area contributed by atoms with E-state index in [2.05, 4.69) is 47.9 Å². The average Bonchev–Trinajstić information content (AvgIpc) is 2.89. The molecule has 3 rings (SSSR count). The lowest BCUT2D eigenvalue weighted by molar-refractivity contribution is 0.117. The minimum Gasteiger partial charge on any atom is -0.485 e. The highest BCUT2D eigenvalue weighted by Crippen LogP contribution is 2.37. The third-order valence-electron chi connectivity index (χ3n) is 6.64. The molecule has 0 aliphatic heterocycles. The molecule has 0 bridgehead atoms. The molecule has 0 aliphatic rings. The van der Waals surface area contributed by atoms with Gasteiger partial charge in [0.2, 0.25) is 0 Å². The van der Waals surface area contributed by atoms with Gasteiger partial charge >= 0.3 is 6.09 Å². The van der Waals surface area contributed by atoms with Gasteiger partial charge in [0.05, 0.1) is 18.2 Å². The van der Waals surface area contributed by atoms with Crippen LogP contribution in [0.2, 0.25) is 0 Å². The van der Waals surface area contributed by atoms with Crippen molar-refractivity contribution in [2.24, 2.45) is 0 Å². The summed E-state index contributed by atoms with van der Waals surface area (Å²) in [5.74, 6) is 7.09. The molecule has 8 heteroatoms. The van der Waals surface area contributed by atoms with Crippen molar-refractivity contribution in [1.29, 1.82) is 0 Å². The van der Waals surface area contributed by atoms with Crippen molar-refractivity contribution in [2.45, 2.75) is 72.1 Å². The first kappa shape index (κ1) is 28.5. The lowest BCUT2D eigenvalue weighted by atomic mass is 9.79. The van der Waals surface area contributed by atoms with E-state index >= 15 is 0 Å². The molecule has 0 unspecified atom stereocenters. The maximum Gasteiger partial charge on any atom is 0.408 e. The molecule has 2 atom stereocenters. The third kappa shape index (κ3) is 7.22. The van der Waals surface area contributed by atoms with Gasteiger partial charge in [0, 0.05) is 35.6 Å². The van der Waals surface area contributed by atoms with Gasteiger partial charge in [-0.2, -0.15) is 0 Å². The number of hydrogen-bond donors (Lipinski definition) is 1. The minimum absolute atomic E-state index is 0.0443. The number of ether oxygens (including phenoxy) is 2. The lowest BCUT2D eigenvalue weighted by Crippen LogP contribution is -2.43. The van der Waals surface area contributed by atoms with Crippen molar-refractivity contribution >= 4 is 6.09 Å². The fourth-order valence-corrected chi connectivity index (χ4v) is 4.35. The summed E-state index contributed by atoms with van der Waals surface area (Å²) in [7, 11) is 0. The number of aryl methyl sites for hydroxylation is 1. The first-order valence-electron chi connectivity index (χ1n) is 12.8. The highest BCUT2D eigenvalue weighted by Gasteiger charge is 2.34. The molecule has 0 spiro atoms. The summed E-state index contributed by atoms with van der Waals surface area (Å²) < 4.78 is 12.7. The van der Waals surface area contributed by atoms with E-state index in [1.54, 1.807) is 32.3 Å². The van der Waals surface area contributed by atoms with Crippen LogP contribution in [0.4, 0.5) is 4.79 Å². The summed E-state index contributed by atoms with van der Waals surface area (Å²) in [6.07, 6.45) is 3.42.